The number of rotatable bonds is 4. The van der Waals surface area contributed by atoms with Crippen LogP contribution in [0.1, 0.15) is 9.67 Å². The van der Waals surface area contributed by atoms with Gasteiger partial charge in [-0.3, -0.25) is 9.59 Å². The van der Waals surface area contributed by atoms with E-state index in [4.69, 9.17) is 9.47 Å². The quantitative estimate of drug-likeness (QED) is 0.568. The summed E-state index contributed by atoms with van der Waals surface area (Å²) in [6.07, 6.45) is 0. The van der Waals surface area contributed by atoms with Crippen LogP contribution in [-0.2, 0) is 7.05 Å². The summed E-state index contributed by atoms with van der Waals surface area (Å²) in [6, 6.07) is 14.5. The van der Waals surface area contributed by atoms with E-state index in [1.807, 2.05) is 24.3 Å². The number of aromatic nitrogens is 1. The summed E-state index contributed by atoms with van der Waals surface area (Å²) in [7, 11) is 4.83. The Morgan fingerprint density at radius 1 is 1.04 bits per heavy atom. The van der Waals surface area contributed by atoms with Crippen molar-refractivity contribution in [3.8, 4) is 11.5 Å². The number of thiophene rings is 1. The molecule has 0 unspecified atom stereocenters. The maximum Gasteiger partial charge on any atom is 0.265 e. The smallest absolute Gasteiger partial charge is 0.265 e. The van der Waals surface area contributed by atoms with Gasteiger partial charge in [0.1, 0.15) is 11.5 Å². The van der Waals surface area contributed by atoms with Crippen molar-refractivity contribution >= 4 is 43.9 Å². The molecule has 28 heavy (non-hydrogen) atoms. The van der Waals surface area contributed by atoms with E-state index in [9.17, 15) is 9.59 Å². The zero-order chi connectivity index (χ0) is 19.8. The molecular weight excluding hydrogens is 376 g/mol. The molecule has 0 radical (unpaired) electrons. The van der Waals surface area contributed by atoms with Gasteiger partial charge in [-0.1, -0.05) is 18.2 Å². The van der Waals surface area contributed by atoms with E-state index in [0.29, 0.717) is 27.4 Å². The van der Waals surface area contributed by atoms with Crippen molar-refractivity contribution in [1.82, 2.24) is 4.57 Å². The van der Waals surface area contributed by atoms with Crippen LogP contribution < -0.4 is 20.3 Å². The molecular formula is C21H18N2O4S. The molecule has 1 amide bonds. The monoisotopic (exact) mass is 394 g/mol. The van der Waals surface area contributed by atoms with Gasteiger partial charge in [0.05, 0.1) is 35.7 Å². The van der Waals surface area contributed by atoms with Crippen molar-refractivity contribution in [2.45, 2.75) is 0 Å². The minimum absolute atomic E-state index is 0.119. The highest BCUT2D eigenvalue weighted by Crippen LogP contribution is 2.33. The van der Waals surface area contributed by atoms with E-state index >= 15 is 0 Å². The lowest BCUT2D eigenvalue weighted by Gasteiger charge is -2.10. The first-order valence-corrected chi connectivity index (χ1v) is 9.39. The molecule has 0 saturated heterocycles. The van der Waals surface area contributed by atoms with Crippen LogP contribution in [0.15, 0.2) is 53.3 Å². The van der Waals surface area contributed by atoms with E-state index < -0.39 is 0 Å². The fourth-order valence-electron chi connectivity index (χ4n) is 3.20. The topological polar surface area (TPSA) is 69.6 Å². The van der Waals surface area contributed by atoms with Crippen molar-refractivity contribution < 1.29 is 14.3 Å². The average molecular weight is 394 g/mol. The summed E-state index contributed by atoms with van der Waals surface area (Å²) in [5, 5.41) is 4.34. The molecule has 0 bridgehead atoms. The van der Waals surface area contributed by atoms with Gasteiger partial charge >= 0.3 is 0 Å². The van der Waals surface area contributed by atoms with Gasteiger partial charge in [-0.15, -0.1) is 11.3 Å². The van der Waals surface area contributed by atoms with Crippen LogP contribution in [-0.4, -0.2) is 24.7 Å². The summed E-state index contributed by atoms with van der Waals surface area (Å²) in [6.45, 7) is 0. The molecule has 4 aromatic rings. The Balaban J connectivity index is 1.78. The molecule has 0 aliphatic heterocycles. The number of hydrogen-bond donors (Lipinski definition) is 1. The molecule has 0 aliphatic rings. The minimum Gasteiger partial charge on any atom is -0.497 e. The molecule has 4 rings (SSSR count). The fraction of sp³-hybridized carbons (Fsp3) is 0.143. The normalized spacial score (nSPS) is 11.0. The Labute approximate surface area is 164 Å². The highest BCUT2D eigenvalue weighted by Gasteiger charge is 2.17. The highest BCUT2D eigenvalue weighted by atomic mass is 32.1. The SMILES string of the molecule is COc1ccc(NC(=O)c2cc3c(=O)n(C)c4ccccc4c3s2)c(OC)c1. The van der Waals surface area contributed by atoms with Gasteiger partial charge in [-0.25, -0.2) is 0 Å². The summed E-state index contributed by atoms with van der Waals surface area (Å²) in [5.41, 5.74) is 1.25. The van der Waals surface area contributed by atoms with Crippen molar-refractivity contribution in [2.24, 2.45) is 7.05 Å². The third-order valence-electron chi connectivity index (χ3n) is 4.66. The molecule has 2 aromatic carbocycles. The maximum absolute atomic E-state index is 12.8. The summed E-state index contributed by atoms with van der Waals surface area (Å²) >= 11 is 1.31. The van der Waals surface area contributed by atoms with Gasteiger partial charge in [-0.2, -0.15) is 0 Å². The number of nitrogens with zero attached hydrogens (tertiary/aromatic N) is 1. The third kappa shape index (κ3) is 2.90. The molecule has 0 saturated carbocycles. The lowest BCUT2D eigenvalue weighted by molar-refractivity contribution is 0.103. The molecule has 0 fully saturated rings. The minimum atomic E-state index is -0.296. The zero-order valence-electron chi connectivity index (χ0n) is 15.6. The van der Waals surface area contributed by atoms with Crippen LogP contribution in [0.3, 0.4) is 0 Å². The van der Waals surface area contributed by atoms with Crippen molar-refractivity contribution in [3.63, 3.8) is 0 Å². The number of methoxy groups -OCH3 is 2. The number of para-hydroxylation sites is 1. The number of benzene rings is 2. The highest BCUT2D eigenvalue weighted by molar-refractivity contribution is 7.21. The Morgan fingerprint density at radius 3 is 2.57 bits per heavy atom. The van der Waals surface area contributed by atoms with Crippen molar-refractivity contribution in [1.29, 1.82) is 0 Å². The Bertz CT molecular complexity index is 1270. The van der Waals surface area contributed by atoms with Gasteiger partial charge in [0, 0.05) is 23.2 Å². The first-order valence-electron chi connectivity index (χ1n) is 8.58. The van der Waals surface area contributed by atoms with Gasteiger partial charge in [-0.05, 0) is 24.3 Å². The number of anilines is 1. The van der Waals surface area contributed by atoms with E-state index in [1.165, 1.54) is 18.4 Å². The van der Waals surface area contributed by atoms with Crippen molar-refractivity contribution in [3.05, 3.63) is 63.8 Å². The lowest BCUT2D eigenvalue weighted by atomic mass is 10.1. The van der Waals surface area contributed by atoms with Crippen LogP contribution in [0.2, 0.25) is 0 Å². The molecule has 142 valence electrons. The first-order chi connectivity index (χ1) is 13.5. The predicted octanol–water partition coefficient (Wildman–Crippen LogP) is 4.02. The van der Waals surface area contributed by atoms with Crippen LogP contribution in [0.25, 0.3) is 21.0 Å². The van der Waals surface area contributed by atoms with Crippen LogP contribution in [0.4, 0.5) is 5.69 Å². The standard InChI is InChI=1S/C21H18N2O4S/c1-23-16-7-5-4-6-13(16)19-14(21(23)25)11-18(28-19)20(24)22-15-9-8-12(26-2)10-17(15)27-3/h4-11H,1-3H3,(H,22,24). The average Bonchev–Trinajstić information content (AvgIpc) is 3.18. The van der Waals surface area contributed by atoms with Gasteiger partial charge in [0.15, 0.2) is 0 Å². The number of aryl methyl sites for hydroxylation is 1. The molecule has 0 spiro atoms. The van der Waals surface area contributed by atoms with E-state index in [0.717, 1.165) is 15.6 Å². The number of carbonyl (C=O) groups excluding carboxylic acids is 1. The molecule has 2 heterocycles. The first kappa shape index (κ1) is 18.1. The summed E-state index contributed by atoms with van der Waals surface area (Å²) in [5.74, 6) is 0.831. The molecule has 2 aromatic heterocycles. The van der Waals surface area contributed by atoms with Crippen LogP contribution in [0.5, 0.6) is 11.5 Å². The van der Waals surface area contributed by atoms with E-state index in [2.05, 4.69) is 5.32 Å². The zero-order valence-corrected chi connectivity index (χ0v) is 16.4. The van der Waals surface area contributed by atoms with Gasteiger partial charge < -0.3 is 19.4 Å². The summed E-state index contributed by atoms with van der Waals surface area (Å²) in [4.78, 5) is 26.0. The Kier molecular flexibility index (Phi) is 4.52. The van der Waals surface area contributed by atoms with E-state index in [1.54, 1.807) is 43.0 Å². The largest absolute Gasteiger partial charge is 0.497 e. The van der Waals surface area contributed by atoms with Gasteiger partial charge in [0.2, 0.25) is 0 Å². The Morgan fingerprint density at radius 2 is 1.82 bits per heavy atom. The number of amides is 1. The lowest BCUT2D eigenvalue weighted by Crippen LogP contribution is -2.16. The summed E-state index contributed by atoms with van der Waals surface area (Å²) < 4.78 is 12.9. The van der Waals surface area contributed by atoms with Crippen LogP contribution >= 0.6 is 11.3 Å². The second-order valence-electron chi connectivity index (χ2n) is 6.26. The number of hydrogen-bond acceptors (Lipinski definition) is 5. The van der Waals surface area contributed by atoms with Gasteiger partial charge in [0.25, 0.3) is 11.5 Å². The number of pyridine rings is 1. The molecule has 6 nitrogen and oxygen atoms in total. The molecule has 0 atom stereocenters. The number of fused-ring (bicyclic) bond motifs is 3. The van der Waals surface area contributed by atoms with Crippen molar-refractivity contribution in [2.75, 3.05) is 19.5 Å². The number of nitrogens with one attached hydrogen (secondary N) is 1. The van der Waals surface area contributed by atoms with Crippen LogP contribution in [0, 0.1) is 0 Å². The molecule has 7 heteroatoms. The predicted molar refractivity (Wildman–Crippen MR) is 112 cm³/mol. The molecule has 0 aliphatic carbocycles. The number of ether oxygens (including phenoxy) is 2. The fourth-order valence-corrected chi connectivity index (χ4v) is 4.27. The Hall–Kier alpha value is -3.32. The second kappa shape index (κ2) is 7.01. The third-order valence-corrected chi connectivity index (χ3v) is 5.82. The molecule has 1 N–H and O–H groups in total. The maximum atomic E-state index is 12.8. The van der Waals surface area contributed by atoms with E-state index in [-0.39, 0.29) is 11.5 Å². The number of carbonyl (C=O) groups is 1. The second-order valence-corrected chi connectivity index (χ2v) is 7.31.